The van der Waals surface area contributed by atoms with Gasteiger partial charge in [0, 0.05) is 0 Å². The average Bonchev–Trinajstić information content (AvgIpc) is 2.56. The van der Waals surface area contributed by atoms with E-state index in [0.717, 1.165) is 6.42 Å². The van der Waals surface area contributed by atoms with Crippen molar-refractivity contribution in [2.75, 3.05) is 0 Å². The third-order valence-electron chi connectivity index (χ3n) is 3.62. The molecule has 0 aliphatic rings. The monoisotopic (exact) mass is 282 g/mol. The van der Waals surface area contributed by atoms with Gasteiger partial charge in [0.25, 0.3) is 0 Å². The Hall–Kier alpha value is -1.58. The second-order valence-electron chi connectivity index (χ2n) is 5.35. The molecule has 0 aliphatic carbocycles. The smallest absolute Gasteiger partial charge is 0.407 e. The lowest BCUT2D eigenvalue weighted by molar-refractivity contribution is 0.173. The number of hydrogen-bond donors (Lipinski definition) is 0. The predicted molar refractivity (Wildman–Crippen MR) is 87.9 cm³/mol. The van der Waals surface area contributed by atoms with Crippen LogP contribution in [0.1, 0.15) is 31.4 Å². The van der Waals surface area contributed by atoms with Crippen molar-refractivity contribution >= 4 is 7.12 Å². The van der Waals surface area contributed by atoms with Crippen LogP contribution >= 0.6 is 0 Å². The molecule has 1 atom stereocenters. The third-order valence-corrected chi connectivity index (χ3v) is 3.62. The molecular formula is C18H23BO2. The Morgan fingerprint density at radius 3 is 1.62 bits per heavy atom. The van der Waals surface area contributed by atoms with E-state index in [-0.39, 0.29) is 7.12 Å². The van der Waals surface area contributed by atoms with E-state index in [1.54, 1.807) is 0 Å². The molecule has 2 rings (SSSR count). The van der Waals surface area contributed by atoms with E-state index < -0.39 is 0 Å². The van der Waals surface area contributed by atoms with Crippen LogP contribution in [0.2, 0.25) is 5.82 Å². The zero-order chi connectivity index (χ0) is 14.9. The molecule has 2 aromatic carbocycles. The molecule has 110 valence electrons. The lowest BCUT2D eigenvalue weighted by Gasteiger charge is -2.19. The minimum atomic E-state index is -0.171. The topological polar surface area (TPSA) is 18.5 Å². The Balaban J connectivity index is 1.88. The first-order valence-corrected chi connectivity index (χ1v) is 7.60. The predicted octanol–water partition coefficient (Wildman–Crippen LogP) is 4.71. The summed E-state index contributed by atoms with van der Waals surface area (Å²) in [6.07, 6.45) is 1.04. The quantitative estimate of drug-likeness (QED) is 0.653. The summed E-state index contributed by atoms with van der Waals surface area (Å²) in [7, 11) is -0.171. The van der Waals surface area contributed by atoms with Crippen molar-refractivity contribution in [3.05, 3.63) is 71.8 Å². The number of hydrogen-bond acceptors (Lipinski definition) is 2. The van der Waals surface area contributed by atoms with Gasteiger partial charge in [0.1, 0.15) is 0 Å². The van der Waals surface area contributed by atoms with Crippen LogP contribution in [0.3, 0.4) is 0 Å². The van der Waals surface area contributed by atoms with Crippen LogP contribution in [0.15, 0.2) is 60.7 Å². The summed E-state index contributed by atoms with van der Waals surface area (Å²) in [5.74, 6) is 0.373. The van der Waals surface area contributed by atoms with Crippen molar-refractivity contribution in [2.45, 2.75) is 39.3 Å². The summed E-state index contributed by atoms with van der Waals surface area (Å²) >= 11 is 0. The van der Waals surface area contributed by atoms with Crippen molar-refractivity contribution in [2.24, 2.45) is 0 Å². The average molecular weight is 282 g/mol. The molecule has 0 N–H and O–H groups in total. The zero-order valence-corrected chi connectivity index (χ0v) is 12.9. The first-order valence-electron chi connectivity index (χ1n) is 7.60. The number of rotatable bonds is 8. The van der Waals surface area contributed by atoms with Gasteiger partial charge in [-0.25, -0.2) is 0 Å². The summed E-state index contributed by atoms with van der Waals surface area (Å²) in [6, 6.07) is 20.4. The molecule has 0 amide bonds. The molecule has 0 fully saturated rings. The molecule has 2 nitrogen and oxygen atoms in total. The van der Waals surface area contributed by atoms with Crippen molar-refractivity contribution in [1.82, 2.24) is 0 Å². The minimum Gasteiger partial charge on any atom is -0.407 e. The van der Waals surface area contributed by atoms with Crippen LogP contribution in [0, 0.1) is 0 Å². The fraction of sp³-hybridized carbons (Fsp3) is 0.333. The van der Waals surface area contributed by atoms with Gasteiger partial charge < -0.3 is 9.31 Å². The van der Waals surface area contributed by atoms with Crippen molar-refractivity contribution in [1.29, 1.82) is 0 Å². The van der Waals surface area contributed by atoms with Gasteiger partial charge in [-0.1, -0.05) is 80.9 Å². The van der Waals surface area contributed by atoms with Crippen molar-refractivity contribution < 1.29 is 9.31 Å². The van der Waals surface area contributed by atoms with Gasteiger partial charge in [-0.15, -0.1) is 0 Å². The van der Waals surface area contributed by atoms with Gasteiger partial charge in [-0.2, -0.15) is 0 Å². The highest BCUT2D eigenvalue weighted by Crippen LogP contribution is 2.18. The molecule has 0 spiro atoms. The van der Waals surface area contributed by atoms with Crippen LogP contribution in [-0.4, -0.2) is 7.12 Å². The second-order valence-corrected chi connectivity index (χ2v) is 5.35. The third kappa shape index (κ3) is 5.37. The lowest BCUT2D eigenvalue weighted by Crippen LogP contribution is -2.27. The Morgan fingerprint density at radius 1 is 0.810 bits per heavy atom. The van der Waals surface area contributed by atoms with Crippen LogP contribution in [0.25, 0.3) is 0 Å². The summed E-state index contributed by atoms with van der Waals surface area (Å²) in [4.78, 5) is 0. The SMILES string of the molecule is CCC(C)B(OCc1ccccc1)OCc1ccccc1. The Labute approximate surface area is 128 Å². The second kappa shape index (κ2) is 8.65. The van der Waals surface area contributed by atoms with Crippen molar-refractivity contribution in [3.63, 3.8) is 0 Å². The summed E-state index contributed by atoms with van der Waals surface area (Å²) in [5.41, 5.74) is 2.35. The standard InChI is InChI=1S/C18H23BO2/c1-3-16(2)19(20-14-17-10-6-4-7-11-17)21-15-18-12-8-5-9-13-18/h4-13,16H,3,14-15H2,1-2H3. The highest BCUT2D eigenvalue weighted by atomic mass is 16.6. The molecule has 0 radical (unpaired) electrons. The maximum absolute atomic E-state index is 5.98. The Morgan fingerprint density at radius 2 is 1.24 bits per heavy atom. The Kier molecular flexibility index (Phi) is 6.51. The lowest BCUT2D eigenvalue weighted by atomic mass is 9.71. The van der Waals surface area contributed by atoms with Crippen LogP contribution in [0.5, 0.6) is 0 Å². The van der Waals surface area contributed by atoms with E-state index in [2.05, 4.69) is 38.1 Å². The van der Waals surface area contributed by atoms with Crippen LogP contribution in [-0.2, 0) is 22.5 Å². The molecule has 0 saturated heterocycles. The van der Waals surface area contributed by atoms with Crippen LogP contribution in [0.4, 0.5) is 0 Å². The summed E-state index contributed by atoms with van der Waals surface area (Å²) < 4.78 is 12.0. The summed E-state index contributed by atoms with van der Waals surface area (Å²) in [5, 5.41) is 0. The molecule has 3 heteroatoms. The Bertz CT molecular complexity index is 458. The number of benzene rings is 2. The van der Waals surface area contributed by atoms with E-state index >= 15 is 0 Å². The van der Waals surface area contributed by atoms with E-state index in [1.165, 1.54) is 11.1 Å². The van der Waals surface area contributed by atoms with E-state index in [1.807, 2.05) is 36.4 Å². The fourth-order valence-corrected chi connectivity index (χ4v) is 2.07. The maximum atomic E-state index is 5.98. The molecule has 0 bridgehead atoms. The van der Waals surface area contributed by atoms with E-state index in [9.17, 15) is 0 Å². The maximum Gasteiger partial charge on any atom is 0.460 e. The van der Waals surface area contributed by atoms with Gasteiger partial charge in [0.2, 0.25) is 0 Å². The zero-order valence-electron chi connectivity index (χ0n) is 12.9. The molecule has 21 heavy (non-hydrogen) atoms. The minimum absolute atomic E-state index is 0.171. The molecule has 2 aromatic rings. The van der Waals surface area contributed by atoms with Gasteiger partial charge in [0.15, 0.2) is 0 Å². The van der Waals surface area contributed by atoms with Crippen LogP contribution < -0.4 is 0 Å². The van der Waals surface area contributed by atoms with E-state index in [4.69, 9.17) is 9.31 Å². The largest absolute Gasteiger partial charge is 0.460 e. The van der Waals surface area contributed by atoms with Gasteiger partial charge in [0.05, 0.1) is 13.2 Å². The molecule has 0 aromatic heterocycles. The molecular weight excluding hydrogens is 259 g/mol. The summed E-state index contributed by atoms with van der Waals surface area (Å²) in [6.45, 7) is 5.51. The van der Waals surface area contributed by atoms with Gasteiger partial charge in [-0.05, 0) is 16.9 Å². The molecule has 1 unspecified atom stereocenters. The normalized spacial score (nSPS) is 12.1. The molecule has 0 saturated carbocycles. The first kappa shape index (κ1) is 15.8. The van der Waals surface area contributed by atoms with Gasteiger partial charge >= 0.3 is 7.12 Å². The first-order chi connectivity index (χ1) is 10.3. The fourth-order valence-electron chi connectivity index (χ4n) is 2.07. The highest BCUT2D eigenvalue weighted by Gasteiger charge is 2.25. The van der Waals surface area contributed by atoms with E-state index in [0.29, 0.717) is 19.0 Å². The van der Waals surface area contributed by atoms with Crippen molar-refractivity contribution in [3.8, 4) is 0 Å². The molecule has 0 heterocycles. The highest BCUT2D eigenvalue weighted by molar-refractivity contribution is 6.46. The van der Waals surface area contributed by atoms with Gasteiger partial charge in [-0.3, -0.25) is 0 Å². The molecule has 0 aliphatic heterocycles.